The highest BCUT2D eigenvalue weighted by Gasteiger charge is 2.38. The van der Waals surface area contributed by atoms with Crippen LogP contribution in [0.3, 0.4) is 0 Å². The van der Waals surface area contributed by atoms with Crippen molar-refractivity contribution < 1.29 is 14.4 Å². The van der Waals surface area contributed by atoms with E-state index in [1.165, 1.54) is 13.8 Å². The van der Waals surface area contributed by atoms with Crippen molar-refractivity contribution in [2.45, 2.75) is 30.6 Å². The number of Topliss-reactive ketones (excluding diaryl/α,β-unsaturated/α-hetero) is 3. The molecule has 0 spiro atoms. The molecule has 28 heavy (non-hydrogen) atoms. The second kappa shape index (κ2) is 6.95. The first kappa shape index (κ1) is 18.5. The first-order chi connectivity index (χ1) is 13.4. The Kier molecular flexibility index (Phi) is 4.60. The Labute approximate surface area is 166 Å². The average Bonchev–Trinajstić information content (AvgIpc) is 2.68. The smallest absolute Gasteiger partial charge is 0.176 e. The van der Waals surface area contributed by atoms with E-state index >= 15 is 0 Å². The van der Waals surface area contributed by atoms with Gasteiger partial charge in [-0.25, -0.2) is 0 Å². The summed E-state index contributed by atoms with van der Waals surface area (Å²) in [6.07, 6.45) is 5.43. The van der Waals surface area contributed by atoms with E-state index in [-0.39, 0.29) is 17.3 Å². The Morgan fingerprint density at radius 1 is 0.964 bits per heavy atom. The van der Waals surface area contributed by atoms with Crippen LogP contribution in [0.1, 0.15) is 40.1 Å². The minimum atomic E-state index is -0.603. The van der Waals surface area contributed by atoms with E-state index in [0.29, 0.717) is 16.7 Å². The molecule has 0 N–H and O–H groups in total. The van der Waals surface area contributed by atoms with Crippen LogP contribution in [0.15, 0.2) is 76.1 Å². The fraction of sp³-hybridized carbons (Fsp3) is 0.167. The van der Waals surface area contributed by atoms with Gasteiger partial charge in [-0.3, -0.25) is 14.4 Å². The van der Waals surface area contributed by atoms with Crippen molar-refractivity contribution in [3.8, 4) is 0 Å². The van der Waals surface area contributed by atoms with Crippen LogP contribution in [0.4, 0.5) is 0 Å². The first-order valence-electron chi connectivity index (χ1n) is 9.16. The lowest BCUT2D eigenvalue weighted by Crippen LogP contribution is -2.33. The van der Waals surface area contributed by atoms with Crippen molar-refractivity contribution in [3.05, 3.63) is 83.0 Å². The van der Waals surface area contributed by atoms with E-state index in [0.717, 1.165) is 20.2 Å². The predicted molar refractivity (Wildman–Crippen MR) is 112 cm³/mol. The van der Waals surface area contributed by atoms with Crippen LogP contribution in [0.5, 0.6) is 0 Å². The summed E-state index contributed by atoms with van der Waals surface area (Å²) >= 11 is 0. The molecule has 3 nitrogen and oxygen atoms in total. The molecule has 1 aliphatic carbocycles. The average molecular weight is 388 g/mol. The van der Waals surface area contributed by atoms with Gasteiger partial charge in [0.1, 0.15) is 0 Å². The number of allylic oxidation sites excluding steroid dienone is 4. The summed E-state index contributed by atoms with van der Waals surface area (Å²) in [5, 5.41) is 0. The summed E-state index contributed by atoms with van der Waals surface area (Å²) in [5.41, 5.74) is 2.70. The van der Waals surface area contributed by atoms with Crippen molar-refractivity contribution in [2.75, 3.05) is 0 Å². The summed E-state index contributed by atoms with van der Waals surface area (Å²) < 4.78 is 0. The van der Waals surface area contributed by atoms with E-state index in [2.05, 4.69) is 12.1 Å². The second-order valence-corrected chi connectivity index (χ2v) is 9.05. The molecule has 0 saturated heterocycles. The van der Waals surface area contributed by atoms with Crippen molar-refractivity contribution in [2.24, 2.45) is 5.92 Å². The normalized spacial score (nSPS) is 20.3. The van der Waals surface area contributed by atoms with E-state index in [4.69, 9.17) is 0 Å². The van der Waals surface area contributed by atoms with E-state index in [1.807, 2.05) is 37.3 Å². The molecule has 1 aliphatic heterocycles. The number of aryl methyl sites for hydroxylation is 1. The number of fused-ring (bicyclic) bond motifs is 2. The molecule has 2 aromatic carbocycles. The summed E-state index contributed by atoms with van der Waals surface area (Å²) in [6.45, 7) is 5.06. The molecule has 2 atom stereocenters. The summed E-state index contributed by atoms with van der Waals surface area (Å²) in [5.74, 6) is -0.785. The summed E-state index contributed by atoms with van der Waals surface area (Å²) in [6, 6.07) is 13.7. The molecule has 2 aliphatic rings. The zero-order chi connectivity index (χ0) is 20.0. The molecular formula is C24H20O3S. The minimum Gasteiger partial charge on any atom is -0.294 e. The van der Waals surface area contributed by atoms with Crippen molar-refractivity contribution >= 4 is 32.7 Å². The van der Waals surface area contributed by atoms with Gasteiger partial charge in [-0.05, 0) is 39.0 Å². The number of carbonyl (C=O) groups is 3. The number of hydrogen-bond donors (Lipinski definition) is 0. The molecule has 0 aromatic heterocycles. The highest BCUT2D eigenvalue weighted by atomic mass is 32.2. The third-order valence-electron chi connectivity index (χ3n) is 5.12. The molecule has 4 rings (SSSR count). The van der Waals surface area contributed by atoms with Gasteiger partial charge in [-0.1, -0.05) is 48.1 Å². The van der Waals surface area contributed by atoms with E-state index in [9.17, 15) is 14.4 Å². The molecule has 2 aromatic rings. The SMILES string of the molecule is CC(=O)C1=CC=CC2C(=O)c3c(C(C)=O)cccc3S(c3ccc(C)cc3)=C12. The van der Waals surface area contributed by atoms with Crippen molar-refractivity contribution in [3.63, 3.8) is 0 Å². The Morgan fingerprint density at radius 2 is 1.68 bits per heavy atom. The van der Waals surface area contributed by atoms with Gasteiger partial charge < -0.3 is 0 Å². The molecule has 140 valence electrons. The lowest BCUT2D eigenvalue weighted by atomic mass is 9.84. The zero-order valence-corrected chi connectivity index (χ0v) is 16.8. The Balaban J connectivity index is 2.13. The Morgan fingerprint density at radius 3 is 2.32 bits per heavy atom. The Bertz CT molecular complexity index is 1130. The first-order valence-corrected chi connectivity index (χ1v) is 10.4. The lowest BCUT2D eigenvalue weighted by molar-refractivity contribution is -0.113. The van der Waals surface area contributed by atoms with Gasteiger partial charge in [0, 0.05) is 31.4 Å². The lowest BCUT2D eigenvalue weighted by Gasteiger charge is -2.32. The van der Waals surface area contributed by atoms with Crippen LogP contribution in [-0.4, -0.2) is 22.2 Å². The van der Waals surface area contributed by atoms with Crippen LogP contribution >= 0.6 is 10.5 Å². The van der Waals surface area contributed by atoms with Crippen LogP contribution in [0.2, 0.25) is 0 Å². The molecule has 1 heterocycles. The second-order valence-electron chi connectivity index (χ2n) is 7.08. The molecule has 0 bridgehead atoms. The van der Waals surface area contributed by atoms with Crippen LogP contribution in [-0.2, 0) is 4.79 Å². The minimum absolute atomic E-state index is 0.0482. The molecular weight excluding hydrogens is 368 g/mol. The standard InChI is InChI=1S/C24H20O3S/c1-14-10-12-17(13-11-14)28-21-9-5-6-18(15(2)25)22(21)23(27)20-8-4-7-19(16(3)26)24(20)28/h4-13,20H,1-3H3. The van der Waals surface area contributed by atoms with Crippen molar-refractivity contribution in [1.82, 2.24) is 0 Å². The van der Waals surface area contributed by atoms with Crippen LogP contribution < -0.4 is 0 Å². The number of rotatable bonds is 3. The van der Waals surface area contributed by atoms with Crippen molar-refractivity contribution in [1.29, 1.82) is 0 Å². The molecule has 0 radical (unpaired) electrons. The van der Waals surface area contributed by atoms with Gasteiger partial charge >= 0.3 is 0 Å². The third-order valence-corrected chi connectivity index (χ3v) is 7.56. The molecule has 0 saturated carbocycles. The molecule has 2 unspecified atom stereocenters. The number of ketones is 3. The maximum atomic E-state index is 13.4. The monoisotopic (exact) mass is 388 g/mol. The number of benzene rings is 2. The topological polar surface area (TPSA) is 51.2 Å². The number of carbonyl (C=O) groups excluding carboxylic acids is 3. The highest BCUT2D eigenvalue weighted by molar-refractivity contribution is 8.16. The summed E-state index contributed by atoms with van der Waals surface area (Å²) in [7, 11) is -0.603. The maximum Gasteiger partial charge on any atom is 0.176 e. The van der Waals surface area contributed by atoms with Gasteiger partial charge in [0.15, 0.2) is 17.3 Å². The Hall–Kier alpha value is -2.85. The fourth-order valence-electron chi connectivity index (χ4n) is 3.79. The largest absolute Gasteiger partial charge is 0.294 e. The van der Waals surface area contributed by atoms with Gasteiger partial charge in [0.05, 0.1) is 5.92 Å². The third kappa shape index (κ3) is 2.85. The van der Waals surface area contributed by atoms with Gasteiger partial charge in [-0.15, -0.1) is 10.5 Å². The molecule has 0 fully saturated rings. The molecule has 0 amide bonds. The fourth-order valence-corrected chi connectivity index (χ4v) is 6.44. The van der Waals surface area contributed by atoms with Gasteiger partial charge in [-0.2, -0.15) is 0 Å². The van der Waals surface area contributed by atoms with E-state index in [1.54, 1.807) is 18.2 Å². The number of hydrogen-bond acceptors (Lipinski definition) is 3. The van der Waals surface area contributed by atoms with Gasteiger partial charge in [0.2, 0.25) is 0 Å². The van der Waals surface area contributed by atoms with E-state index < -0.39 is 16.4 Å². The highest BCUT2D eigenvalue weighted by Crippen LogP contribution is 2.48. The maximum absolute atomic E-state index is 13.4. The zero-order valence-electron chi connectivity index (χ0n) is 16.0. The van der Waals surface area contributed by atoms with Gasteiger partial charge in [0.25, 0.3) is 0 Å². The van der Waals surface area contributed by atoms with Crippen LogP contribution in [0, 0.1) is 12.8 Å². The quantitative estimate of drug-likeness (QED) is 0.552. The van der Waals surface area contributed by atoms with Crippen LogP contribution in [0.25, 0.3) is 0 Å². The molecule has 4 heteroatoms. The predicted octanol–water partition coefficient (Wildman–Crippen LogP) is 4.95. The summed E-state index contributed by atoms with van der Waals surface area (Å²) in [4.78, 5) is 40.8.